The molecule has 2 atom stereocenters. The van der Waals surface area contributed by atoms with Gasteiger partial charge in [-0.05, 0) is 25.7 Å². The highest BCUT2D eigenvalue weighted by molar-refractivity contribution is 5.04. The van der Waals surface area contributed by atoms with Crippen molar-refractivity contribution in [3.8, 4) is 6.07 Å². The van der Waals surface area contributed by atoms with Crippen molar-refractivity contribution in [2.45, 2.75) is 31.8 Å². The Balaban J connectivity index is 2.06. The summed E-state index contributed by atoms with van der Waals surface area (Å²) in [7, 11) is 0. The maximum atomic E-state index is 8.80. The van der Waals surface area contributed by atoms with Crippen LogP contribution >= 0.6 is 0 Å². The van der Waals surface area contributed by atoms with Crippen molar-refractivity contribution in [2.24, 2.45) is 11.7 Å². The number of ether oxygens (including phenoxy) is 1. The van der Waals surface area contributed by atoms with Gasteiger partial charge < -0.3 is 10.5 Å². The minimum atomic E-state index is -0.307. The summed E-state index contributed by atoms with van der Waals surface area (Å²) >= 11 is 0. The van der Waals surface area contributed by atoms with E-state index in [9.17, 15) is 0 Å². The van der Waals surface area contributed by atoms with Gasteiger partial charge in [0.2, 0.25) is 0 Å². The van der Waals surface area contributed by atoms with Crippen molar-refractivity contribution < 1.29 is 4.74 Å². The van der Waals surface area contributed by atoms with Gasteiger partial charge in [0.15, 0.2) is 0 Å². The van der Waals surface area contributed by atoms with E-state index in [2.05, 4.69) is 16.4 Å². The summed E-state index contributed by atoms with van der Waals surface area (Å²) in [5, 5.41) is 16.8. The lowest BCUT2D eigenvalue weighted by Crippen LogP contribution is -2.27. The van der Waals surface area contributed by atoms with Gasteiger partial charge >= 0.3 is 0 Å². The zero-order valence-corrected chi connectivity index (χ0v) is 9.91. The first-order chi connectivity index (χ1) is 8.22. The van der Waals surface area contributed by atoms with Crippen LogP contribution < -0.4 is 5.73 Å². The van der Waals surface area contributed by atoms with E-state index in [1.807, 2.05) is 0 Å². The molecule has 1 aromatic heterocycles. The van der Waals surface area contributed by atoms with Crippen LogP contribution in [0, 0.1) is 17.2 Å². The summed E-state index contributed by atoms with van der Waals surface area (Å²) in [5.74, 6) is 0.395. The highest BCUT2D eigenvalue weighted by atomic mass is 16.5. The molecule has 1 fully saturated rings. The zero-order chi connectivity index (χ0) is 12.3. The molecule has 1 aromatic rings. The molecule has 0 unspecified atom stereocenters. The Hall–Kier alpha value is -1.45. The molecule has 6 heteroatoms. The number of rotatable bonds is 3. The highest BCUT2D eigenvalue weighted by Gasteiger charge is 2.24. The number of nitriles is 1. The number of hydrogen-bond donors (Lipinski definition) is 1. The van der Waals surface area contributed by atoms with Gasteiger partial charge in [0.1, 0.15) is 6.04 Å². The van der Waals surface area contributed by atoms with E-state index in [-0.39, 0.29) is 12.1 Å². The lowest BCUT2D eigenvalue weighted by molar-refractivity contribution is 0.0579. The average molecular weight is 235 g/mol. The molecule has 0 aromatic carbocycles. The number of nitrogens with zero attached hydrogens (tertiary/aromatic N) is 4. The summed E-state index contributed by atoms with van der Waals surface area (Å²) < 4.78 is 6.86. The van der Waals surface area contributed by atoms with E-state index in [0.29, 0.717) is 5.92 Å². The van der Waals surface area contributed by atoms with Crippen molar-refractivity contribution in [3.05, 3.63) is 11.9 Å². The minimum absolute atomic E-state index is 0.112. The fraction of sp³-hybridized carbons (Fsp3) is 0.727. The molecule has 1 aliphatic heterocycles. The second-order valence-electron chi connectivity index (χ2n) is 4.40. The Morgan fingerprint density at radius 1 is 1.59 bits per heavy atom. The van der Waals surface area contributed by atoms with Gasteiger partial charge in [-0.2, -0.15) is 5.26 Å². The smallest absolute Gasteiger partial charge is 0.137 e. The van der Waals surface area contributed by atoms with Crippen LogP contribution in [0.15, 0.2) is 6.20 Å². The van der Waals surface area contributed by atoms with Crippen molar-refractivity contribution in [1.82, 2.24) is 15.0 Å². The first kappa shape index (κ1) is 12.0. The second-order valence-corrected chi connectivity index (χ2v) is 4.40. The van der Waals surface area contributed by atoms with Gasteiger partial charge in [0.05, 0.1) is 24.0 Å². The van der Waals surface area contributed by atoms with Gasteiger partial charge in [0.25, 0.3) is 0 Å². The number of aromatic nitrogens is 3. The molecule has 0 spiro atoms. The molecule has 0 aliphatic carbocycles. The lowest BCUT2D eigenvalue weighted by atomic mass is 9.91. The Kier molecular flexibility index (Phi) is 3.71. The van der Waals surface area contributed by atoms with Crippen molar-refractivity contribution in [3.63, 3.8) is 0 Å². The molecule has 1 aliphatic rings. The summed E-state index contributed by atoms with van der Waals surface area (Å²) in [6.45, 7) is 3.31. The third-order valence-electron chi connectivity index (χ3n) is 3.23. The molecule has 1 saturated heterocycles. The second kappa shape index (κ2) is 5.25. The fourth-order valence-corrected chi connectivity index (χ4v) is 2.01. The fourth-order valence-electron chi connectivity index (χ4n) is 2.01. The predicted octanol–water partition coefficient (Wildman–Crippen LogP) is 0.789. The van der Waals surface area contributed by atoms with Crippen LogP contribution in [0.3, 0.4) is 0 Å². The standard InChI is InChI=1S/C11H17N5O/c1-8(6-12)16-7-10(14-15-16)11(13)9-2-4-17-5-3-9/h7-9,11H,2-5,13H2,1H3/t8-,11+/m1/s1. The van der Waals surface area contributed by atoms with Crippen LogP contribution in [0.25, 0.3) is 0 Å². The molecule has 0 bridgehead atoms. The summed E-state index contributed by atoms with van der Waals surface area (Å²) in [6, 6.07) is 1.69. The van der Waals surface area contributed by atoms with E-state index < -0.39 is 0 Å². The van der Waals surface area contributed by atoms with E-state index in [1.54, 1.807) is 17.8 Å². The van der Waals surface area contributed by atoms with Crippen molar-refractivity contribution in [2.75, 3.05) is 13.2 Å². The Morgan fingerprint density at radius 3 is 2.94 bits per heavy atom. The SMILES string of the molecule is C[C@H](C#N)n1cc([C@@H](N)C2CCOCC2)nn1. The zero-order valence-electron chi connectivity index (χ0n) is 9.91. The quantitative estimate of drug-likeness (QED) is 0.836. The molecule has 17 heavy (non-hydrogen) atoms. The molecule has 0 saturated carbocycles. The van der Waals surface area contributed by atoms with Crippen LogP contribution in [0.2, 0.25) is 0 Å². The van der Waals surface area contributed by atoms with Crippen LogP contribution in [0.1, 0.15) is 37.5 Å². The molecule has 2 N–H and O–H groups in total. The highest BCUT2D eigenvalue weighted by Crippen LogP contribution is 2.26. The molecule has 0 amide bonds. The monoisotopic (exact) mass is 235 g/mol. The molecular weight excluding hydrogens is 218 g/mol. The van der Waals surface area contributed by atoms with Crippen LogP contribution in [0.5, 0.6) is 0 Å². The Bertz CT molecular complexity index is 404. The third-order valence-corrected chi connectivity index (χ3v) is 3.23. The van der Waals surface area contributed by atoms with Crippen LogP contribution in [-0.2, 0) is 4.74 Å². The first-order valence-electron chi connectivity index (χ1n) is 5.87. The van der Waals surface area contributed by atoms with E-state index in [1.165, 1.54) is 0 Å². The van der Waals surface area contributed by atoms with Gasteiger partial charge in [-0.3, -0.25) is 0 Å². The third kappa shape index (κ3) is 2.62. The van der Waals surface area contributed by atoms with Gasteiger partial charge in [-0.1, -0.05) is 5.21 Å². The molecule has 6 nitrogen and oxygen atoms in total. The van der Waals surface area contributed by atoms with Crippen molar-refractivity contribution in [1.29, 1.82) is 5.26 Å². The minimum Gasteiger partial charge on any atom is -0.381 e. The van der Waals surface area contributed by atoms with Crippen molar-refractivity contribution >= 4 is 0 Å². The average Bonchev–Trinajstić information content (AvgIpc) is 2.87. The van der Waals surface area contributed by atoms with E-state index >= 15 is 0 Å². The molecular formula is C11H17N5O. The maximum absolute atomic E-state index is 8.80. The van der Waals surface area contributed by atoms with Gasteiger partial charge in [-0.25, -0.2) is 4.68 Å². The topological polar surface area (TPSA) is 89.8 Å². The van der Waals surface area contributed by atoms with E-state index in [0.717, 1.165) is 31.7 Å². The summed E-state index contributed by atoms with van der Waals surface area (Å²) in [4.78, 5) is 0. The lowest BCUT2D eigenvalue weighted by Gasteiger charge is -2.26. The first-order valence-corrected chi connectivity index (χ1v) is 5.87. The normalized spacial score (nSPS) is 20.8. The Morgan fingerprint density at radius 2 is 2.29 bits per heavy atom. The molecule has 92 valence electrons. The van der Waals surface area contributed by atoms with Crippen LogP contribution in [0.4, 0.5) is 0 Å². The van der Waals surface area contributed by atoms with Gasteiger partial charge in [-0.15, -0.1) is 5.10 Å². The van der Waals surface area contributed by atoms with E-state index in [4.69, 9.17) is 15.7 Å². The largest absolute Gasteiger partial charge is 0.381 e. The predicted molar refractivity (Wildman–Crippen MR) is 60.8 cm³/mol. The number of nitrogens with two attached hydrogens (primary N) is 1. The number of hydrogen-bond acceptors (Lipinski definition) is 5. The summed E-state index contributed by atoms with van der Waals surface area (Å²) in [5.41, 5.74) is 6.93. The molecule has 2 rings (SSSR count). The van der Waals surface area contributed by atoms with Crippen LogP contribution in [-0.4, -0.2) is 28.2 Å². The molecule has 0 radical (unpaired) electrons. The Labute approximate surface area is 100 Å². The summed E-state index contributed by atoms with van der Waals surface area (Å²) in [6.07, 6.45) is 3.69. The maximum Gasteiger partial charge on any atom is 0.137 e. The molecule has 2 heterocycles. The van der Waals surface area contributed by atoms with Gasteiger partial charge in [0, 0.05) is 13.2 Å².